The van der Waals surface area contributed by atoms with Crippen molar-refractivity contribution in [2.45, 2.75) is 52.0 Å². The van der Waals surface area contributed by atoms with Crippen molar-refractivity contribution in [2.75, 3.05) is 19.6 Å². The first kappa shape index (κ1) is 15.1. The molecule has 0 radical (unpaired) electrons. The summed E-state index contributed by atoms with van der Waals surface area (Å²) in [7, 11) is 0. The standard InChI is InChI=1S/C15H26N2O3/c1-3-4-12-6-7-16(10-12)15(20)17-8-5-11(2)9-13(17)14(18)19/h11-13H,3-10H2,1-2H3,(H,18,19). The van der Waals surface area contributed by atoms with Crippen LogP contribution in [0.3, 0.4) is 0 Å². The molecule has 3 atom stereocenters. The first-order valence-corrected chi connectivity index (χ1v) is 7.81. The molecule has 1 N–H and O–H groups in total. The van der Waals surface area contributed by atoms with Gasteiger partial charge in [0.25, 0.3) is 0 Å². The number of hydrogen-bond donors (Lipinski definition) is 1. The molecule has 0 saturated carbocycles. The maximum atomic E-state index is 12.6. The first-order valence-electron chi connectivity index (χ1n) is 7.81. The van der Waals surface area contributed by atoms with Gasteiger partial charge in [-0.05, 0) is 37.5 Å². The van der Waals surface area contributed by atoms with Crippen molar-refractivity contribution in [3.8, 4) is 0 Å². The predicted molar refractivity (Wildman–Crippen MR) is 76.5 cm³/mol. The average molecular weight is 282 g/mol. The number of rotatable bonds is 3. The average Bonchev–Trinajstić information content (AvgIpc) is 2.87. The van der Waals surface area contributed by atoms with Crippen molar-refractivity contribution in [1.82, 2.24) is 9.80 Å². The molecule has 3 unspecified atom stereocenters. The van der Waals surface area contributed by atoms with Gasteiger partial charge in [0.1, 0.15) is 6.04 Å². The van der Waals surface area contributed by atoms with Crippen LogP contribution in [0.15, 0.2) is 0 Å². The van der Waals surface area contributed by atoms with Crippen molar-refractivity contribution in [3.05, 3.63) is 0 Å². The minimum Gasteiger partial charge on any atom is -0.480 e. The van der Waals surface area contributed by atoms with Gasteiger partial charge in [0.15, 0.2) is 0 Å². The van der Waals surface area contributed by atoms with Crippen LogP contribution in [-0.4, -0.2) is 52.6 Å². The Morgan fingerprint density at radius 1 is 1.25 bits per heavy atom. The molecule has 5 heteroatoms. The monoisotopic (exact) mass is 282 g/mol. The number of carbonyl (C=O) groups is 2. The molecule has 0 aliphatic carbocycles. The maximum Gasteiger partial charge on any atom is 0.326 e. The smallest absolute Gasteiger partial charge is 0.326 e. The van der Waals surface area contributed by atoms with Crippen LogP contribution in [0.2, 0.25) is 0 Å². The number of hydrogen-bond acceptors (Lipinski definition) is 2. The molecule has 114 valence electrons. The quantitative estimate of drug-likeness (QED) is 0.864. The van der Waals surface area contributed by atoms with Crippen LogP contribution in [0.4, 0.5) is 4.79 Å². The van der Waals surface area contributed by atoms with Crippen molar-refractivity contribution in [2.24, 2.45) is 11.8 Å². The van der Waals surface area contributed by atoms with Gasteiger partial charge in [-0.3, -0.25) is 0 Å². The molecule has 2 aliphatic rings. The fourth-order valence-electron chi connectivity index (χ4n) is 3.44. The molecular formula is C15H26N2O3. The van der Waals surface area contributed by atoms with E-state index in [1.165, 1.54) is 0 Å². The number of piperidine rings is 1. The van der Waals surface area contributed by atoms with E-state index in [-0.39, 0.29) is 6.03 Å². The van der Waals surface area contributed by atoms with E-state index in [0.717, 1.165) is 38.8 Å². The van der Waals surface area contributed by atoms with Gasteiger partial charge in [0.05, 0.1) is 0 Å². The Morgan fingerprint density at radius 2 is 2.00 bits per heavy atom. The molecule has 0 aromatic heterocycles. The van der Waals surface area contributed by atoms with E-state index < -0.39 is 12.0 Å². The third-order valence-corrected chi connectivity index (χ3v) is 4.65. The van der Waals surface area contributed by atoms with Crippen LogP contribution in [-0.2, 0) is 4.79 Å². The highest BCUT2D eigenvalue weighted by atomic mass is 16.4. The molecule has 0 spiro atoms. The number of urea groups is 1. The minimum atomic E-state index is -0.866. The fraction of sp³-hybridized carbons (Fsp3) is 0.867. The zero-order valence-corrected chi connectivity index (χ0v) is 12.5. The van der Waals surface area contributed by atoms with Crippen molar-refractivity contribution in [1.29, 1.82) is 0 Å². The molecule has 0 aromatic carbocycles. The van der Waals surface area contributed by atoms with Crippen LogP contribution in [0.25, 0.3) is 0 Å². The summed E-state index contributed by atoms with van der Waals surface area (Å²) in [6.45, 7) is 6.38. The van der Waals surface area contributed by atoms with Gasteiger partial charge in [-0.2, -0.15) is 0 Å². The van der Waals surface area contributed by atoms with Gasteiger partial charge < -0.3 is 14.9 Å². The number of nitrogens with zero attached hydrogens (tertiary/aromatic N) is 2. The highest BCUT2D eigenvalue weighted by Gasteiger charge is 2.38. The summed E-state index contributed by atoms with van der Waals surface area (Å²) in [5.41, 5.74) is 0. The Kier molecular flexibility index (Phi) is 4.89. The van der Waals surface area contributed by atoms with E-state index in [0.29, 0.717) is 24.8 Å². The zero-order valence-electron chi connectivity index (χ0n) is 12.5. The number of carboxylic acid groups (broad SMARTS) is 1. The van der Waals surface area contributed by atoms with Gasteiger partial charge in [-0.1, -0.05) is 20.3 Å². The Balaban J connectivity index is 1.99. The summed E-state index contributed by atoms with van der Waals surface area (Å²) in [5.74, 6) is 0.108. The molecule has 2 heterocycles. The Hall–Kier alpha value is -1.26. The number of aliphatic carboxylic acids is 1. The van der Waals surface area contributed by atoms with Crippen molar-refractivity contribution >= 4 is 12.0 Å². The minimum absolute atomic E-state index is 0.0668. The lowest BCUT2D eigenvalue weighted by Gasteiger charge is -2.38. The van der Waals surface area contributed by atoms with Gasteiger partial charge >= 0.3 is 12.0 Å². The number of carboxylic acids is 1. The molecule has 20 heavy (non-hydrogen) atoms. The summed E-state index contributed by atoms with van der Waals surface area (Å²) in [5, 5.41) is 9.34. The Bertz CT molecular complexity index is 372. The lowest BCUT2D eigenvalue weighted by Crippen LogP contribution is -2.54. The lowest BCUT2D eigenvalue weighted by molar-refractivity contribution is -0.144. The second kappa shape index (κ2) is 6.46. The van der Waals surface area contributed by atoms with Gasteiger partial charge in [0.2, 0.25) is 0 Å². The van der Waals surface area contributed by atoms with Gasteiger partial charge in [-0.25, -0.2) is 9.59 Å². The molecule has 0 bridgehead atoms. The van der Waals surface area contributed by atoms with E-state index in [4.69, 9.17) is 0 Å². The summed E-state index contributed by atoms with van der Waals surface area (Å²) >= 11 is 0. The maximum absolute atomic E-state index is 12.6. The van der Waals surface area contributed by atoms with E-state index in [1.54, 1.807) is 4.90 Å². The zero-order chi connectivity index (χ0) is 14.7. The van der Waals surface area contributed by atoms with E-state index >= 15 is 0 Å². The predicted octanol–water partition coefficient (Wildman–Crippen LogP) is 2.41. The van der Waals surface area contributed by atoms with E-state index in [9.17, 15) is 14.7 Å². The Morgan fingerprint density at radius 3 is 2.65 bits per heavy atom. The molecule has 2 amide bonds. The topological polar surface area (TPSA) is 60.9 Å². The molecule has 5 nitrogen and oxygen atoms in total. The fourth-order valence-corrected chi connectivity index (χ4v) is 3.44. The SMILES string of the molecule is CCCC1CCN(C(=O)N2CCC(C)CC2C(=O)O)C1. The highest BCUT2D eigenvalue weighted by molar-refractivity contribution is 5.83. The number of carbonyl (C=O) groups excluding carboxylic acids is 1. The third-order valence-electron chi connectivity index (χ3n) is 4.65. The molecule has 2 rings (SSSR count). The van der Waals surface area contributed by atoms with Crippen molar-refractivity contribution in [3.63, 3.8) is 0 Å². The molecule has 2 fully saturated rings. The van der Waals surface area contributed by atoms with E-state index in [1.807, 2.05) is 4.90 Å². The van der Waals surface area contributed by atoms with E-state index in [2.05, 4.69) is 13.8 Å². The van der Waals surface area contributed by atoms with Crippen LogP contribution >= 0.6 is 0 Å². The van der Waals surface area contributed by atoms with Gasteiger partial charge in [-0.15, -0.1) is 0 Å². The molecular weight excluding hydrogens is 256 g/mol. The number of likely N-dealkylation sites (tertiary alicyclic amines) is 2. The van der Waals surface area contributed by atoms with Crippen molar-refractivity contribution < 1.29 is 14.7 Å². The summed E-state index contributed by atoms with van der Waals surface area (Å²) < 4.78 is 0. The molecule has 2 aliphatic heterocycles. The summed E-state index contributed by atoms with van der Waals surface area (Å²) in [6.07, 6.45) is 4.84. The molecule has 2 saturated heterocycles. The van der Waals surface area contributed by atoms with Crippen LogP contribution in [0, 0.1) is 11.8 Å². The van der Waals surface area contributed by atoms with Crippen LogP contribution in [0.5, 0.6) is 0 Å². The van der Waals surface area contributed by atoms with Crippen LogP contribution < -0.4 is 0 Å². The number of amides is 2. The largest absolute Gasteiger partial charge is 0.480 e. The second-order valence-corrected chi connectivity index (χ2v) is 6.35. The lowest BCUT2D eigenvalue weighted by atomic mass is 9.92. The highest BCUT2D eigenvalue weighted by Crippen LogP contribution is 2.27. The first-order chi connectivity index (χ1) is 9.52. The van der Waals surface area contributed by atoms with Gasteiger partial charge in [0, 0.05) is 19.6 Å². The third kappa shape index (κ3) is 3.25. The normalized spacial score (nSPS) is 30.6. The second-order valence-electron chi connectivity index (χ2n) is 6.35. The Labute approximate surface area is 120 Å². The molecule has 0 aromatic rings. The van der Waals surface area contributed by atoms with Crippen LogP contribution in [0.1, 0.15) is 46.0 Å². The summed E-state index contributed by atoms with van der Waals surface area (Å²) in [4.78, 5) is 27.4. The summed E-state index contributed by atoms with van der Waals surface area (Å²) in [6, 6.07) is -0.709.